The summed E-state index contributed by atoms with van der Waals surface area (Å²) in [5, 5.41) is 0. The molecule has 0 radical (unpaired) electrons. The molecule has 0 amide bonds. The summed E-state index contributed by atoms with van der Waals surface area (Å²) in [5.74, 6) is -0.486. The van der Waals surface area contributed by atoms with Crippen LogP contribution in [0.15, 0.2) is 10.6 Å². The van der Waals surface area contributed by atoms with Gasteiger partial charge in [0, 0.05) is 46.7 Å². The number of ether oxygens (including phenoxy) is 6. The predicted octanol–water partition coefficient (Wildman–Crippen LogP) is 6.12. The normalized spacial score (nSPS) is 29.8. The van der Waals surface area contributed by atoms with Gasteiger partial charge in [-0.1, -0.05) is 61.6 Å². The SMILES string of the molecule is C[Si](C)(C)CCOCO[C@H]1[C@@H]2OC3(CCCCC3)O[C@@H]2C=C(Br)[C@H]1OCOCC[Si](C)(C)C. The van der Waals surface area contributed by atoms with Crippen molar-refractivity contribution in [2.24, 2.45) is 0 Å². The molecule has 1 spiro atoms. The summed E-state index contributed by atoms with van der Waals surface area (Å²) in [7, 11) is -2.27. The van der Waals surface area contributed by atoms with E-state index in [2.05, 4.69) is 61.3 Å². The van der Waals surface area contributed by atoms with Crippen LogP contribution < -0.4 is 0 Å². The Kier molecular flexibility index (Phi) is 10.3. The van der Waals surface area contributed by atoms with E-state index in [1.807, 2.05) is 0 Å². The zero-order valence-electron chi connectivity index (χ0n) is 21.5. The quantitative estimate of drug-likeness (QED) is 0.162. The lowest BCUT2D eigenvalue weighted by atomic mass is 9.94. The molecule has 3 aliphatic rings. The van der Waals surface area contributed by atoms with E-state index >= 15 is 0 Å². The first-order chi connectivity index (χ1) is 15.5. The lowest BCUT2D eigenvalue weighted by Gasteiger charge is -2.36. The van der Waals surface area contributed by atoms with E-state index in [4.69, 9.17) is 28.4 Å². The maximum absolute atomic E-state index is 6.59. The second-order valence-electron chi connectivity index (χ2n) is 12.1. The number of rotatable bonds is 12. The molecule has 0 bridgehead atoms. The second-order valence-corrected chi connectivity index (χ2v) is 24.2. The average Bonchev–Trinajstić information content (AvgIpc) is 3.04. The molecule has 33 heavy (non-hydrogen) atoms. The van der Waals surface area contributed by atoms with Crippen LogP contribution in [0.1, 0.15) is 32.1 Å². The molecule has 0 aromatic rings. The van der Waals surface area contributed by atoms with Crippen molar-refractivity contribution in [3.05, 3.63) is 10.6 Å². The van der Waals surface area contributed by atoms with Gasteiger partial charge >= 0.3 is 0 Å². The Bertz CT molecular complexity index is 642. The molecule has 1 heterocycles. The molecule has 6 nitrogen and oxygen atoms in total. The molecule has 3 rings (SSSR count). The van der Waals surface area contributed by atoms with Crippen LogP contribution in [0, 0.1) is 0 Å². The van der Waals surface area contributed by atoms with Crippen molar-refractivity contribution in [2.45, 2.75) is 114 Å². The number of fused-ring (bicyclic) bond motifs is 1. The van der Waals surface area contributed by atoms with Crippen LogP contribution in [0.4, 0.5) is 0 Å². The van der Waals surface area contributed by atoms with E-state index in [1.54, 1.807) is 0 Å². The van der Waals surface area contributed by atoms with E-state index in [0.29, 0.717) is 0 Å². The molecule has 9 heteroatoms. The third kappa shape index (κ3) is 8.79. The van der Waals surface area contributed by atoms with Crippen molar-refractivity contribution in [3.63, 3.8) is 0 Å². The summed E-state index contributed by atoms with van der Waals surface area (Å²) in [6, 6.07) is 2.23. The molecule has 4 atom stereocenters. The monoisotopic (exact) mass is 564 g/mol. The number of hydrogen-bond acceptors (Lipinski definition) is 6. The summed E-state index contributed by atoms with van der Waals surface area (Å²) >= 11 is 3.73. The Hall–Kier alpha value is 0.414. The third-order valence-electron chi connectivity index (χ3n) is 6.53. The highest BCUT2D eigenvalue weighted by Crippen LogP contribution is 2.46. The largest absolute Gasteiger partial charge is 0.356 e. The van der Waals surface area contributed by atoms with E-state index < -0.39 is 21.9 Å². The number of halogens is 1. The first-order valence-electron chi connectivity index (χ1n) is 12.6. The average molecular weight is 566 g/mol. The summed E-state index contributed by atoms with van der Waals surface area (Å²) < 4.78 is 38.1. The van der Waals surface area contributed by atoms with Gasteiger partial charge in [-0.2, -0.15) is 0 Å². The molecule has 192 valence electrons. The molecule has 1 aliphatic heterocycles. The minimum atomic E-state index is -1.14. The van der Waals surface area contributed by atoms with Crippen LogP contribution >= 0.6 is 15.9 Å². The molecule has 0 unspecified atom stereocenters. The molecule has 2 aliphatic carbocycles. The van der Waals surface area contributed by atoms with Gasteiger partial charge in [-0.15, -0.1) is 0 Å². The van der Waals surface area contributed by atoms with Crippen molar-refractivity contribution in [1.82, 2.24) is 0 Å². The standard InChI is InChI=1S/C24H45BrO6Si2/c1-32(2,3)14-12-26-17-28-21-19(25)16-20-22(31-24(30-20)10-8-7-9-11-24)23(21)29-18-27-13-15-33(4,5)6/h16,20-23H,7-15,17-18H2,1-6H3/t20-,21-,22-,23-/m1/s1. The van der Waals surface area contributed by atoms with Crippen LogP contribution in [0.25, 0.3) is 0 Å². The van der Waals surface area contributed by atoms with Gasteiger partial charge in [0.05, 0.1) is 0 Å². The van der Waals surface area contributed by atoms with E-state index in [9.17, 15) is 0 Å². The van der Waals surface area contributed by atoms with Gasteiger partial charge in [0.1, 0.15) is 38.0 Å². The Balaban J connectivity index is 1.60. The van der Waals surface area contributed by atoms with E-state index in [1.165, 1.54) is 6.42 Å². The Morgan fingerprint density at radius 1 is 0.879 bits per heavy atom. The molecule has 1 saturated carbocycles. The highest BCUT2D eigenvalue weighted by atomic mass is 79.9. The van der Waals surface area contributed by atoms with Crippen molar-refractivity contribution in [2.75, 3.05) is 26.8 Å². The summed E-state index contributed by atoms with van der Waals surface area (Å²) in [6.45, 7) is 16.0. The Morgan fingerprint density at radius 3 is 2.03 bits per heavy atom. The van der Waals surface area contributed by atoms with E-state index in [0.717, 1.165) is 55.5 Å². The molecular formula is C24H45BrO6Si2. The maximum Gasteiger partial charge on any atom is 0.169 e. The van der Waals surface area contributed by atoms with E-state index in [-0.39, 0.29) is 38.0 Å². The van der Waals surface area contributed by atoms with Crippen molar-refractivity contribution >= 4 is 32.1 Å². The highest BCUT2D eigenvalue weighted by Gasteiger charge is 2.54. The van der Waals surface area contributed by atoms with Gasteiger partial charge in [0.15, 0.2) is 5.79 Å². The summed E-state index contributed by atoms with van der Waals surface area (Å²) in [6.07, 6.45) is 6.52. The van der Waals surface area contributed by atoms with Crippen molar-refractivity contribution in [3.8, 4) is 0 Å². The van der Waals surface area contributed by atoms with Crippen LogP contribution in [0.3, 0.4) is 0 Å². The van der Waals surface area contributed by atoms with Crippen LogP contribution in [0.2, 0.25) is 51.4 Å². The Labute approximate surface area is 211 Å². The van der Waals surface area contributed by atoms with Crippen molar-refractivity contribution < 1.29 is 28.4 Å². The first-order valence-corrected chi connectivity index (χ1v) is 20.8. The molecule has 0 aromatic heterocycles. The highest BCUT2D eigenvalue weighted by molar-refractivity contribution is 9.11. The van der Waals surface area contributed by atoms with Gasteiger partial charge in [-0.25, -0.2) is 0 Å². The van der Waals surface area contributed by atoms with Gasteiger partial charge < -0.3 is 28.4 Å². The fraction of sp³-hybridized carbons (Fsp3) is 0.917. The summed E-state index contributed by atoms with van der Waals surface area (Å²) in [4.78, 5) is 0. The fourth-order valence-corrected chi connectivity index (χ4v) is 6.59. The Morgan fingerprint density at radius 2 is 1.45 bits per heavy atom. The zero-order valence-corrected chi connectivity index (χ0v) is 25.1. The fourth-order valence-electron chi connectivity index (χ4n) is 4.43. The van der Waals surface area contributed by atoms with Crippen LogP contribution in [-0.4, -0.2) is 73.2 Å². The topological polar surface area (TPSA) is 55.4 Å². The lowest BCUT2D eigenvalue weighted by Crippen LogP contribution is -2.49. The van der Waals surface area contributed by atoms with Crippen molar-refractivity contribution in [1.29, 1.82) is 0 Å². The van der Waals surface area contributed by atoms with Gasteiger partial charge in [-0.3, -0.25) is 0 Å². The second kappa shape index (κ2) is 12.1. The molecular weight excluding hydrogens is 520 g/mol. The zero-order chi connectivity index (χ0) is 24.1. The molecule has 2 fully saturated rings. The van der Waals surface area contributed by atoms with Gasteiger partial charge in [-0.05, 0) is 31.0 Å². The third-order valence-corrected chi connectivity index (χ3v) is 10.6. The first kappa shape index (κ1) is 28.0. The van der Waals surface area contributed by atoms with Gasteiger partial charge in [0.25, 0.3) is 0 Å². The predicted molar refractivity (Wildman–Crippen MR) is 140 cm³/mol. The lowest BCUT2D eigenvalue weighted by molar-refractivity contribution is -0.221. The molecule has 1 saturated heterocycles. The maximum atomic E-state index is 6.59. The smallest absolute Gasteiger partial charge is 0.169 e. The van der Waals surface area contributed by atoms with Gasteiger partial charge in [0.2, 0.25) is 0 Å². The van der Waals surface area contributed by atoms with Crippen LogP contribution in [0.5, 0.6) is 0 Å². The van der Waals surface area contributed by atoms with Crippen LogP contribution in [-0.2, 0) is 28.4 Å². The molecule has 0 aromatic carbocycles. The minimum absolute atomic E-state index is 0.142. The summed E-state index contributed by atoms with van der Waals surface area (Å²) in [5.41, 5.74) is 0. The minimum Gasteiger partial charge on any atom is -0.356 e. The number of hydrogen-bond donors (Lipinski definition) is 0. The molecule has 0 N–H and O–H groups in total.